The Balaban J connectivity index is 2.16. The lowest BCUT2D eigenvalue weighted by atomic mass is 10.1. The van der Waals surface area contributed by atoms with Gasteiger partial charge in [0.2, 0.25) is 5.91 Å². The molecule has 0 aliphatic carbocycles. The number of benzene rings is 2. The SMILES string of the molecule is COc1ccc(NC(=O)c2ccccc2NC(=O)CCl)cc1. The molecule has 0 heterocycles. The highest BCUT2D eigenvalue weighted by atomic mass is 35.5. The maximum Gasteiger partial charge on any atom is 0.257 e. The summed E-state index contributed by atoms with van der Waals surface area (Å²) in [7, 11) is 1.57. The minimum atomic E-state index is -0.369. The average molecular weight is 319 g/mol. The van der Waals surface area contributed by atoms with E-state index < -0.39 is 0 Å². The molecule has 2 N–H and O–H groups in total. The standard InChI is InChI=1S/C16H15ClN2O3/c1-22-12-8-6-11(7-9-12)18-16(21)13-4-2-3-5-14(13)19-15(20)10-17/h2-9H,10H2,1H3,(H,18,21)(H,19,20). The van der Waals surface area contributed by atoms with Gasteiger partial charge in [-0.05, 0) is 36.4 Å². The highest BCUT2D eigenvalue weighted by Crippen LogP contribution is 2.19. The first-order chi connectivity index (χ1) is 10.6. The Kier molecular flexibility index (Phi) is 5.38. The van der Waals surface area contributed by atoms with Crippen molar-refractivity contribution in [1.29, 1.82) is 0 Å². The van der Waals surface area contributed by atoms with Gasteiger partial charge in [0.25, 0.3) is 5.91 Å². The third-order valence-corrected chi connectivity index (χ3v) is 3.16. The van der Waals surface area contributed by atoms with E-state index in [-0.39, 0.29) is 17.7 Å². The van der Waals surface area contributed by atoms with Gasteiger partial charge in [0.1, 0.15) is 11.6 Å². The number of ether oxygens (including phenoxy) is 1. The number of para-hydroxylation sites is 1. The summed E-state index contributed by atoms with van der Waals surface area (Å²) in [6.45, 7) is 0. The Morgan fingerprint density at radius 3 is 2.36 bits per heavy atom. The molecule has 0 saturated carbocycles. The maximum atomic E-state index is 12.3. The molecule has 2 rings (SSSR count). The van der Waals surface area contributed by atoms with Gasteiger partial charge in [-0.15, -0.1) is 11.6 Å². The monoisotopic (exact) mass is 318 g/mol. The largest absolute Gasteiger partial charge is 0.497 e. The van der Waals surface area contributed by atoms with E-state index >= 15 is 0 Å². The molecule has 2 amide bonds. The van der Waals surface area contributed by atoms with Crippen LogP contribution in [0, 0.1) is 0 Å². The second kappa shape index (κ2) is 7.47. The van der Waals surface area contributed by atoms with E-state index in [1.807, 2.05) is 0 Å². The molecule has 114 valence electrons. The van der Waals surface area contributed by atoms with E-state index in [4.69, 9.17) is 16.3 Å². The lowest BCUT2D eigenvalue weighted by Crippen LogP contribution is -2.18. The Hall–Kier alpha value is -2.53. The zero-order valence-electron chi connectivity index (χ0n) is 11.9. The molecule has 2 aromatic carbocycles. The zero-order chi connectivity index (χ0) is 15.9. The highest BCUT2D eigenvalue weighted by molar-refractivity contribution is 6.29. The van der Waals surface area contributed by atoms with Crippen LogP contribution >= 0.6 is 11.6 Å². The molecule has 22 heavy (non-hydrogen) atoms. The van der Waals surface area contributed by atoms with Gasteiger partial charge < -0.3 is 15.4 Å². The minimum Gasteiger partial charge on any atom is -0.497 e. The third kappa shape index (κ3) is 3.99. The molecular formula is C16H15ClN2O3. The van der Waals surface area contributed by atoms with Crippen LogP contribution in [0.2, 0.25) is 0 Å². The summed E-state index contributed by atoms with van der Waals surface area (Å²) in [4.78, 5) is 23.7. The summed E-state index contributed by atoms with van der Waals surface area (Å²) in [5.41, 5.74) is 1.40. The van der Waals surface area contributed by atoms with Crippen LogP contribution in [0.15, 0.2) is 48.5 Å². The molecule has 0 fully saturated rings. The predicted molar refractivity (Wildman–Crippen MR) is 86.7 cm³/mol. The van der Waals surface area contributed by atoms with Crippen molar-refractivity contribution in [2.24, 2.45) is 0 Å². The van der Waals surface area contributed by atoms with Crippen LogP contribution in [0.1, 0.15) is 10.4 Å². The van der Waals surface area contributed by atoms with E-state index in [0.717, 1.165) is 0 Å². The summed E-state index contributed by atoms with van der Waals surface area (Å²) in [5, 5.41) is 5.36. The van der Waals surface area contributed by atoms with E-state index in [2.05, 4.69) is 10.6 Å². The van der Waals surface area contributed by atoms with Crippen LogP contribution in [0.4, 0.5) is 11.4 Å². The fourth-order valence-corrected chi connectivity index (χ4v) is 1.91. The number of hydrogen-bond donors (Lipinski definition) is 2. The third-order valence-electron chi connectivity index (χ3n) is 2.92. The topological polar surface area (TPSA) is 67.4 Å². The smallest absolute Gasteiger partial charge is 0.257 e. The molecule has 0 aromatic heterocycles. The van der Waals surface area contributed by atoms with Gasteiger partial charge in [0.15, 0.2) is 0 Å². The fourth-order valence-electron chi connectivity index (χ4n) is 1.85. The first-order valence-corrected chi connectivity index (χ1v) is 7.07. The number of methoxy groups -OCH3 is 1. The number of carbonyl (C=O) groups excluding carboxylic acids is 2. The zero-order valence-corrected chi connectivity index (χ0v) is 12.7. The fraction of sp³-hybridized carbons (Fsp3) is 0.125. The number of hydrogen-bond acceptors (Lipinski definition) is 3. The van der Waals surface area contributed by atoms with E-state index in [1.54, 1.807) is 55.6 Å². The molecule has 0 unspecified atom stereocenters. The second-order valence-electron chi connectivity index (χ2n) is 4.41. The molecule has 0 aliphatic rings. The number of nitrogens with one attached hydrogen (secondary N) is 2. The molecule has 0 aliphatic heterocycles. The van der Waals surface area contributed by atoms with Crippen LogP contribution in [-0.4, -0.2) is 24.8 Å². The van der Waals surface area contributed by atoms with Crippen LogP contribution < -0.4 is 15.4 Å². The van der Waals surface area contributed by atoms with Crippen LogP contribution in [0.5, 0.6) is 5.75 Å². The predicted octanol–water partition coefficient (Wildman–Crippen LogP) is 3.12. The Morgan fingerprint density at radius 1 is 1.05 bits per heavy atom. The summed E-state index contributed by atoms with van der Waals surface area (Å²) in [6.07, 6.45) is 0. The van der Waals surface area contributed by atoms with Gasteiger partial charge in [-0.2, -0.15) is 0 Å². The van der Waals surface area contributed by atoms with Crippen molar-refractivity contribution in [1.82, 2.24) is 0 Å². The van der Waals surface area contributed by atoms with Gasteiger partial charge >= 0.3 is 0 Å². The molecule has 2 aromatic rings. The average Bonchev–Trinajstić information content (AvgIpc) is 2.55. The van der Waals surface area contributed by atoms with E-state index in [9.17, 15) is 9.59 Å². The highest BCUT2D eigenvalue weighted by Gasteiger charge is 2.13. The lowest BCUT2D eigenvalue weighted by molar-refractivity contribution is -0.113. The molecular weight excluding hydrogens is 304 g/mol. The van der Waals surface area contributed by atoms with Crippen molar-refractivity contribution in [2.45, 2.75) is 0 Å². The summed E-state index contributed by atoms with van der Waals surface area (Å²) in [5.74, 6) is -0.163. The normalized spacial score (nSPS) is 9.91. The molecule has 6 heteroatoms. The number of rotatable bonds is 5. The van der Waals surface area contributed by atoms with Gasteiger partial charge in [-0.3, -0.25) is 9.59 Å². The van der Waals surface area contributed by atoms with E-state index in [1.165, 1.54) is 0 Å². The maximum absolute atomic E-state index is 12.3. The number of anilines is 2. The quantitative estimate of drug-likeness (QED) is 0.832. The first-order valence-electron chi connectivity index (χ1n) is 6.54. The Bertz CT molecular complexity index is 671. The first kappa shape index (κ1) is 15.9. The molecule has 0 radical (unpaired) electrons. The lowest BCUT2D eigenvalue weighted by Gasteiger charge is -2.11. The van der Waals surface area contributed by atoms with Crippen molar-refractivity contribution in [2.75, 3.05) is 23.6 Å². The van der Waals surface area contributed by atoms with Crippen molar-refractivity contribution < 1.29 is 14.3 Å². The van der Waals surface area contributed by atoms with Crippen molar-refractivity contribution >= 4 is 34.8 Å². The number of alkyl halides is 1. The van der Waals surface area contributed by atoms with Crippen molar-refractivity contribution in [3.05, 3.63) is 54.1 Å². The summed E-state index contributed by atoms with van der Waals surface area (Å²) >= 11 is 5.47. The number of halogens is 1. The molecule has 0 spiro atoms. The van der Waals surface area contributed by atoms with Crippen molar-refractivity contribution in [3.8, 4) is 5.75 Å². The molecule has 5 nitrogen and oxygen atoms in total. The van der Waals surface area contributed by atoms with Crippen LogP contribution in [0.3, 0.4) is 0 Å². The summed E-state index contributed by atoms with van der Waals surface area (Å²) < 4.78 is 5.06. The van der Waals surface area contributed by atoms with Crippen LogP contribution in [0.25, 0.3) is 0 Å². The van der Waals surface area contributed by atoms with Gasteiger partial charge in [0, 0.05) is 5.69 Å². The second-order valence-corrected chi connectivity index (χ2v) is 4.68. The number of carbonyl (C=O) groups is 2. The Morgan fingerprint density at radius 2 is 1.73 bits per heavy atom. The molecule has 0 atom stereocenters. The van der Waals surface area contributed by atoms with Gasteiger partial charge in [-0.1, -0.05) is 12.1 Å². The van der Waals surface area contributed by atoms with Gasteiger partial charge in [0.05, 0.1) is 18.4 Å². The van der Waals surface area contributed by atoms with Crippen molar-refractivity contribution in [3.63, 3.8) is 0 Å². The summed E-state index contributed by atoms with van der Waals surface area (Å²) in [6, 6.07) is 13.7. The Labute approximate surface area is 133 Å². The molecule has 0 saturated heterocycles. The van der Waals surface area contributed by atoms with Gasteiger partial charge in [-0.25, -0.2) is 0 Å². The van der Waals surface area contributed by atoms with Crippen LogP contribution in [-0.2, 0) is 4.79 Å². The minimum absolute atomic E-state index is 0.172. The number of amides is 2. The molecule has 0 bridgehead atoms. The van der Waals surface area contributed by atoms with E-state index in [0.29, 0.717) is 22.7 Å².